The van der Waals surface area contributed by atoms with Crippen LogP contribution in [0.5, 0.6) is 11.5 Å². The van der Waals surface area contributed by atoms with Crippen molar-refractivity contribution < 1.29 is 28.5 Å². The maximum atomic E-state index is 12.0. The van der Waals surface area contributed by atoms with Gasteiger partial charge in [-0.05, 0) is 34.4 Å². The lowest BCUT2D eigenvalue weighted by molar-refractivity contribution is -0.143. The van der Waals surface area contributed by atoms with Gasteiger partial charge in [-0.15, -0.1) is 0 Å². The minimum atomic E-state index is -0.855. The summed E-state index contributed by atoms with van der Waals surface area (Å²) in [7, 11) is 2.66. The maximum Gasteiger partial charge on any atom is 0.343 e. The molecule has 0 saturated carbocycles. The molecule has 0 spiro atoms. The van der Waals surface area contributed by atoms with Gasteiger partial charge in [0.25, 0.3) is 0 Å². The fraction of sp³-hybridized carbons (Fsp3) is 0.161. The molecule has 6 heteroatoms. The minimum absolute atomic E-state index is 0.229. The summed E-state index contributed by atoms with van der Waals surface area (Å²) in [6.45, 7) is -0.458. The quantitative estimate of drug-likeness (QED) is 0.278. The van der Waals surface area contributed by atoms with E-state index in [0.717, 1.165) is 33.4 Å². The van der Waals surface area contributed by atoms with Crippen molar-refractivity contribution in [1.29, 1.82) is 0 Å². The topological polar surface area (TPSA) is 71.1 Å². The summed E-state index contributed by atoms with van der Waals surface area (Å²) >= 11 is 0. The number of rotatable bonds is 8. The van der Waals surface area contributed by atoms with Crippen molar-refractivity contribution >= 4 is 11.9 Å². The Bertz CT molecular complexity index is 1350. The minimum Gasteiger partial charge on any atom is -0.482 e. The van der Waals surface area contributed by atoms with Gasteiger partial charge in [0, 0.05) is 11.1 Å². The molecular formula is C31H26O6. The van der Waals surface area contributed by atoms with Crippen LogP contribution in [0, 0.1) is 0 Å². The zero-order valence-electron chi connectivity index (χ0n) is 20.6. The molecule has 0 heterocycles. The normalized spacial score (nSPS) is 12.7. The van der Waals surface area contributed by atoms with Crippen molar-refractivity contribution in [2.24, 2.45) is 0 Å². The first-order valence-corrected chi connectivity index (χ1v) is 11.9. The van der Waals surface area contributed by atoms with Gasteiger partial charge in [-0.3, -0.25) is 0 Å². The molecule has 0 unspecified atom stereocenters. The zero-order valence-corrected chi connectivity index (χ0v) is 20.6. The van der Waals surface area contributed by atoms with Crippen LogP contribution in [0.15, 0.2) is 97.1 Å². The van der Waals surface area contributed by atoms with Gasteiger partial charge in [0.15, 0.2) is 13.2 Å². The molecule has 186 valence electrons. The Morgan fingerprint density at radius 3 is 1.30 bits per heavy atom. The van der Waals surface area contributed by atoms with Crippen LogP contribution in [0.25, 0.3) is 11.1 Å². The highest BCUT2D eigenvalue weighted by atomic mass is 16.6. The molecule has 4 aromatic carbocycles. The van der Waals surface area contributed by atoms with Gasteiger partial charge >= 0.3 is 11.9 Å². The van der Waals surface area contributed by atoms with Crippen molar-refractivity contribution in [1.82, 2.24) is 0 Å². The lowest BCUT2D eigenvalue weighted by atomic mass is 9.67. The number of para-hydroxylation sites is 2. The lowest BCUT2D eigenvalue weighted by Gasteiger charge is -2.36. The monoisotopic (exact) mass is 494 g/mol. The van der Waals surface area contributed by atoms with E-state index in [1.165, 1.54) is 14.2 Å². The SMILES string of the molecule is COC(=O)COc1ccccc1C1(c2ccccc2OCC(=O)OC)c2ccccc2-c2ccccc21. The number of fused-ring (bicyclic) bond motifs is 3. The smallest absolute Gasteiger partial charge is 0.343 e. The Kier molecular flexibility index (Phi) is 6.64. The largest absolute Gasteiger partial charge is 0.482 e. The summed E-state index contributed by atoms with van der Waals surface area (Å²) in [4.78, 5) is 24.0. The van der Waals surface area contributed by atoms with Crippen molar-refractivity contribution in [3.05, 3.63) is 119 Å². The van der Waals surface area contributed by atoms with Crippen LogP contribution >= 0.6 is 0 Å². The third kappa shape index (κ3) is 4.10. The summed E-state index contributed by atoms with van der Waals surface area (Å²) < 4.78 is 21.7. The predicted molar refractivity (Wildman–Crippen MR) is 139 cm³/mol. The van der Waals surface area contributed by atoms with E-state index in [2.05, 4.69) is 24.3 Å². The molecule has 5 rings (SSSR count). The van der Waals surface area contributed by atoms with Crippen LogP contribution in [-0.2, 0) is 24.5 Å². The first-order chi connectivity index (χ1) is 18.1. The molecule has 0 aromatic heterocycles. The second kappa shape index (κ2) is 10.2. The average Bonchev–Trinajstić information content (AvgIpc) is 3.26. The van der Waals surface area contributed by atoms with E-state index in [4.69, 9.17) is 18.9 Å². The number of carbonyl (C=O) groups excluding carboxylic acids is 2. The molecular weight excluding hydrogens is 468 g/mol. The van der Waals surface area contributed by atoms with Crippen molar-refractivity contribution in [3.8, 4) is 22.6 Å². The Labute approximate surface area is 215 Å². The van der Waals surface area contributed by atoms with Crippen LogP contribution < -0.4 is 9.47 Å². The van der Waals surface area contributed by atoms with Crippen molar-refractivity contribution in [2.45, 2.75) is 5.41 Å². The summed E-state index contributed by atoms with van der Waals surface area (Å²) in [6, 6.07) is 31.8. The second-order valence-corrected chi connectivity index (χ2v) is 8.56. The maximum absolute atomic E-state index is 12.0. The van der Waals surface area contributed by atoms with Gasteiger partial charge in [0.05, 0.1) is 19.6 Å². The van der Waals surface area contributed by atoms with E-state index in [1.54, 1.807) is 0 Å². The highest BCUT2D eigenvalue weighted by Gasteiger charge is 2.49. The van der Waals surface area contributed by atoms with Crippen LogP contribution in [0.3, 0.4) is 0 Å². The standard InChI is InChI=1S/C31H26O6/c1-34-29(32)19-36-27-17-9-7-15-25(27)31(26-16-8-10-18-28(26)37-20-30(33)35-2)23-13-5-3-11-21(23)22-12-4-6-14-24(22)31/h3-18H,19-20H2,1-2H3. The van der Waals surface area contributed by atoms with Crippen LogP contribution in [0.2, 0.25) is 0 Å². The number of hydrogen-bond donors (Lipinski definition) is 0. The van der Waals surface area contributed by atoms with E-state index < -0.39 is 17.4 Å². The lowest BCUT2D eigenvalue weighted by Crippen LogP contribution is -2.30. The number of methoxy groups -OCH3 is 2. The summed E-state index contributed by atoms with van der Waals surface area (Å²) in [5, 5.41) is 0. The molecule has 0 atom stereocenters. The Morgan fingerprint density at radius 1 is 0.541 bits per heavy atom. The highest BCUT2D eigenvalue weighted by molar-refractivity contribution is 5.87. The Morgan fingerprint density at radius 2 is 0.892 bits per heavy atom. The highest BCUT2D eigenvalue weighted by Crippen LogP contribution is 2.59. The first kappa shape index (κ1) is 24.1. The zero-order chi connectivity index (χ0) is 25.8. The van der Waals surface area contributed by atoms with Gasteiger partial charge in [0.2, 0.25) is 0 Å². The molecule has 0 fully saturated rings. The van der Waals surface area contributed by atoms with Crippen LogP contribution in [0.1, 0.15) is 22.3 Å². The predicted octanol–water partition coefficient (Wildman–Crippen LogP) is 5.15. The molecule has 37 heavy (non-hydrogen) atoms. The number of ether oxygens (including phenoxy) is 4. The molecule has 4 aromatic rings. The summed E-state index contributed by atoms with van der Waals surface area (Å²) in [6.07, 6.45) is 0. The van der Waals surface area contributed by atoms with Gasteiger partial charge in [-0.1, -0.05) is 84.9 Å². The third-order valence-corrected chi connectivity index (χ3v) is 6.68. The van der Waals surface area contributed by atoms with Gasteiger partial charge in [-0.2, -0.15) is 0 Å². The van der Waals surface area contributed by atoms with E-state index in [9.17, 15) is 9.59 Å². The number of benzene rings is 4. The summed E-state index contributed by atoms with van der Waals surface area (Å²) in [5.41, 5.74) is 5.08. The molecule has 0 amide bonds. The van der Waals surface area contributed by atoms with Crippen LogP contribution in [-0.4, -0.2) is 39.4 Å². The molecule has 0 bridgehead atoms. The fourth-order valence-corrected chi connectivity index (χ4v) is 5.16. The molecule has 1 aliphatic carbocycles. The fourth-order valence-electron chi connectivity index (χ4n) is 5.16. The summed E-state index contributed by atoms with van der Waals surface area (Å²) in [5.74, 6) is 0.139. The van der Waals surface area contributed by atoms with Crippen molar-refractivity contribution in [3.63, 3.8) is 0 Å². The number of hydrogen-bond acceptors (Lipinski definition) is 6. The number of esters is 2. The molecule has 6 nitrogen and oxygen atoms in total. The number of carbonyl (C=O) groups is 2. The molecule has 1 aliphatic rings. The van der Waals surface area contributed by atoms with Crippen molar-refractivity contribution in [2.75, 3.05) is 27.4 Å². The second-order valence-electron chi connectivity index (χ2n) is 8.56. The van der Waals surface area contributed by atoms with Crippen LogP contribution in [0.4, 0.5) is 0 Å². The van der Waals surface area contributed by atoms with E-state index in [-0.39, 0.29) is 13.2 Å². The molecule has 0 radical (unpaired) electrons. The van der Waals surface area contributed by atoms with Gasteiger partial charge in [0.1, 0.15) is 11.5 Å². The van der Waals surface area contributed by atoms with E-state index >= 15 is 0 Å². The first-order valence-electron chi connectivity index (χ1n) is 11.9. The Hall–Kier alpha value is -4.58. The molecule has 0 saturated heterocycles. The van der Waals surface area contributed by atoms with Gasteiger partial charge in [-0.25, -0.2) is 9.59 Å². The third-order valence-electron chi connectivity index (χ3n) is 6.68. The molecule has 0 aliphatic heterocycles. The Balaban J connectivity index is 1.82. The van der Waals surface area contributed by atoms with Gasteiger partial charge < -0.3 is 18.9 Å². The van der Waals surface area contributed by atoms with E-state index in [0.29, 0.717) is 11.5 Å². The van der Waals surface area contributed by atoms with E-state index in [1.807, 2.05) is 72.8 Å². The molecule has 0 N–H and O–H groups in total. The average molecular weight is 495 g/mol.